The van der Waals surface area contributed by atoms with Gasteiger partial charge in [0.15, 0.2) is 11.5 Å². The molecule has 162 valence electrons. The number of ether oxygens (including phenoxy) is 2. The summed E-state index contributed by atoms with van der Waals surface area (Å²) in [6.07, 6.45) is 3.73. The average molecular weight is 422 g/mol. The third kappa shape index (κ3) is 4.38. The van der Waals surface area contributed by atoms with Crippen LogP contribution < -0.4 is 14.4 Å². The molecule has 2 aromatic carbocycles. The molecular weight excluding hydrogens is 397 g/mol. The van der Waals surface area contributed by atoms with Crippen molar-refractivity contribution in [2.45, 2.75) is 0 Å². The Morgan fingerprint density at radius 2 is 1.71 bits per heavy atom. The average Bonchev–Trinajstić information content (AvgIpc) is 2.79. The summed E-state index contributed by atoms with van der Waals surface area (Å²) in [4.78, 5) is 4.69. The summed E-state index contributed by atoms with van der Waals surface area (Å²) in [7, 11) is 0. The van der Waals surface area contributed by atoms with Crippen molar-refractivity contribution in [3.05, 3.63) is 76.9 Å². The van der Waals surface area contributed by atoms with Crippen molar-refractivity contribution >= 4 is 11.3 Å². The molecule has 0 atom stereocenters. The minimum Gasteiger partial charge on any atom is -0.758 e. The van der Waals surface area contributed by atoms with Crippen LogP contribution >= 0.6 is 0 Å². The summed E-state index contributed by atoms with van der Waals surface area (Å²) < 4.78 is 24.8. The molecule has 7 heteroatoms. The van der Waals surface area contributed by atoms with E-state index in [1.807, 2.05) is 12.1 Å². The molecule has 3 aliphatic rings. The molecule has 3 aliphatic heterocycles. The van der Waals surface area contributed by atoms with Gasteiger partial charge in [-0.15, -0.1) is 0 Å². The maximum absolute atomic E-state index is 13.2. The number of para-hydroxylation sites is 1. The van der Waals surface area contributed by atoms with Crippen molar-refractivity contribution < 1.29 is 13.9 Å². The van der Waals surface area contributed by atoms with Gasteiger partial charge in [-0.1, -0.05) is 24.3 Å². The predicted octanol–water partition coefficient (Wildman–Crippen LogP) is 3.50. The Labute approximate surface area is 181 Å². The maximum atomic E-state index is 13.2. The lowest BCUT2D eigenvalue weighted by Gasteiger charge is -2.38. The molecular formula is C24H25FN3O3-. The fraction of sp³-hybridized carbons (Fsp3) is 0.333. The van der Waals surface area contributed by atoms with E-state index in [0.717, 1.165) is 65.1 Å². The van der Waals surface area contributed by atoms with Gasteiger partial charge >= 0.3 is 0 Å². The van der Waals surface area contributed by atoms with E-state index in [2.05, 4.69) is 21.9 Å². The highest BCUT2D eigenvalue weighted by Gasteiger charge is 2.24. The monoisotopic (exact) mass is 422 g/mol. The van der Waals surface area contributed by atoms with Gasteiger partial charge in [0.05, 0.1) is 5.69 Å². The largest absolute Gasteiger partial charge is 0.758 e. The van der Waals surface area contributed by atoms with Gasteiger partial charge in [0.1, 0.15) is 19.0 Å². The van der Waals surface area contributed by atoms with Crippen LogP contribution in [0, 0.1) is 11.0 Å². The van der Waals surface area contributed by atoms with Crippen molar-refractivity contribution in [3.63, 3.8) is 0 Å². The zero-order valence-electron chi connectivity index (χ0n) is 17.3. The number of piperazine rings is 1. The number of anilines is 1. The molecule has 2 aromatic rings. The lowest BCUT2D eigenvalue weighted by Crippen LogP contribution is -2.47. The molecule has 0 amide bonds. The molecule has 31 heavy (non-hydrogen) atoms. The lowest BCUT2D eigenvalue weighted by molar-refractivity contribution is 0.171. The maximum Gasteiger partial charge on any atom is 0.184 e. The number of halogens is 1. The minimum atomic E-state index is -0.274. The van der Waals surface area contributed by atoms with E-state index in [9.17, 15) is 9.60 Å². The van der Waals surface area contributed by atoms with Gasteiger partial charge in [-0.25, -0.2) is 4.39 Å². The normalized spacial score (nSPS) is 19.2. The molecule has 1 fully saturated rings. The number of rotatable bonds is 4. The summed E-state index contributed by atoms with van der Waals surface area (Å²) in [6.45, 7) is 5.69. The number of hydroxylamine groups is 2. The predicted molar refractivity (Wildman–Crippen MR) is 119 cm³/mol. The highest BCUT2D eigenvalue weighted by atomic mass is 19.1. The Hall–Kier alpha value is -3.03. The molecule has 5 rings (SSSR count). The van der Waals surface area contributed by atoms with Crippen LogP contribution in [-0.2, 0) is 0 Å². The van der Waals surface area contributed by atoms with E-state index in [-0.39, 0.29) is 12.4 Å². The van der Waals surface area contributed by atoms with E-state index < -0.39 is 0 Å². The molecule has 0 aromatic heterocycles. The molecule has 0 saturated carbocycles. The van der Waals surface area contributed by atoms with E-state index in [4.69, 9.17) is 9.47 Å². The summed E-state index contributed by atoms with van der Waals surface area (Å²) in [6, 6.07) is 12.3. The van der Waals surface area contributed by atoms with Gasteiger partial charge in [-0.3, -0.25) is 4.90 Å². The van der Waals surface area contributed by atoms with Gasteiger partial charge in [-0.05, 0) is 47.2 Å². The first-order valence-corrected chi connectivity index (χ1v) is 10.6. The quantitative estimate of drug-likeness (QED) is 0.752. The number of nitrogens with zero attached hydrogens (tertiary/aromatic N) is 3. The number of hydrogen-bond donors (Lipinski definition) is 0. The van der Waals surface area contributed by atoms with Gasteiger partial charge in [-0.2, -0.15) is 0 Å². The SMILES string of the molecule is [O-]N1C=C(CN2CCN(c3cccc4c3OCCO4)CC2)C=C(c2ccc(F)cc2)C1. The van der Waals surface area contributed by atoms with Crippen molar-refractivity contribution in [2.24, 2.45) is 0 Å². The Balaban J connectivity index is 1.24. The Morgan fingerprint density at radius 1 is 0.935 bits per heavy atom. The topological polar surface area (TPSA) is 51.2 Å². The van der Waals surface area contributed by atoms with E-state index in [1.165, 1.54) is 12.1 Å². The molecule has 6 nitrogen and oxygen atoms in total. The molecule has 0 bridgehead atoms. The zero-order valence-corrected chi connectivity index (χ0v) is 17.3. The van der Waals surface area contributed by atoms with Crippen LogP contribution in [0.3, 0.4) is 0 Å². The smallest absolute Gasteiger partial charge is 0.184 e. The zero-order chi connectivity index (χ0) is 21.2. The van der Waals surface area contributed by atoms with Crippen LogP contribution in [0.1, 0.15) is 5.56 Å². The molecule has 0 radical (unpaired) electrons. The number of hydrogen-bond acceptors (Lipinski definition) is 6. The van der Waals surface area contributed by atoms with Gasteiger partial charge in [0, 0.05) is 39.3 Å². The minimum absolute atomic E-state index is 0.274. The first-order chi connectivity index (χ1) is 15.2. The first kappa shape index (κ1) is 19.9. The molecule has 0 N–H and O–H groups in total. The van der Waals surface area contributed by atoms with E-state index in [0.29, 0.717) is 19.8 Å². The summed E-state index contributed by atoms with van der Waals surface area (Å²) in [5.41, 5.74) is 3.86. The van der Waals surface area contributed by atoms with Gasteiger partial charge < -0.3 is 24.6 Å². The summed E-state index contributed by atoms with van der Waals surface area (Å²) in [5, 5.41) is 13.2. The Bertz CT molecular complexity index is 998. The molecule has 0 unspecified atom stereocenters. The first-order valence-electron chi connectivity index (χ1n) is 10.6. The third-order valence-corrected chi connectivity index (χ3v) is 5.88. The van der Waals surface area contributed by atoms with Crippen LogP contribution in [0.25, 0.3) is 5.57 Å². The molecule has 0 spiro atoms. The summed E-state index contributed by atoms with van der Waals surface area (Å²) in [5.74, 6) is 1.38. The molecule has 0 aliphatic carbocycles. The van der Waals surface area contributed by atoms with Crippen LogP contribution in [0.2, 0.25) is 0 Å². The second-order valence-corrected chi connectivity index (χ2v) is 8.02. The standard InChI is InChI=1S/C24H25FN3O3/c25-21-6-4-19(5-7-21)20-14-18(16-28(29)17-20)15-26-8-10-27(11-9-26)22-2-1-3-23-24(22)31-13-12-30-23/h1-7,14,16H,8-13,15,17H2/q-1. The number of benzene rings is 2. The van der Waals surface area contributed by atoms with E-state index >= 15 is 0 Å². The van der Waals surface area contributed by atoms with Crippen molar-refractivity contribution in [1.82, 2.24) is 9.96 Å². The lowest BCUT2D eigenvalue weighted by atomic mass is 10.0. The van der Waals surface area contributed by atoms with Crippen LogP contribution in [0.15, 0.2) is 60.3 Å². The van der Waals surface area contributed by atoms with Crippen molar-refractivity contribution in [1.29, 1.82) is 0 Å². The third-order valence-electron chi connectivity index (χ3n) is 5.88. The van der Waals surface area contributed by atoms with Crippen LogP contribution in [0.4, 0.5) is 10.1 Å². The van der Waals surface area contributed by atoms with Crippen molar-refractivity contribution in [3.8, 4) is 11.5 Å². The Kier molecular flexibility index (Phi) is 5.53. The molecule has 3 heterocycles. The van der Waals surface area contributed by atoms with Crippen LogP contribution in [-0.4, -0.2) is 62.4 Å². The fourth-order valence-corrected chi connectivity index (χ4v) is 4.34. The van der Waals surface area contributed by atoms with Gasteiger partial charge in [0.25, 0.3) is 0 Å². The van der Waals surface area contributed by atoms with Crippen LogP contribution in [0.5, 0.6) is 11.5 Å². The highest BCUT2D eigenvalue weighted by Crippen LogP contribution is 2.39. The number of fused-ring (bicyclic) bond motifs is 1. The fourth-order valence-electron chi connectivity index (χ4n) is 4.34. The Morgan fingerprint density at radius 3 is 2.52 bits per heavy atom. The second-order valence-electron chi connectivity index (χ2n) is 8.02. The second kappa shape index (κ2) is 8.61. The van der Waals surface area contributed by atoms with Gasteiger partial charge in [0.2, 0.25) is 0 Å². The summed E-state index contributed by atoms with van der Waals surface area (Å²) >= 11 is 0. The molecule has 1 saturated heterocycles. The highest BCUT2D eigenvalue weighted by molar-refractivity contribution is 5.71. The van der Waals surface area contributed by atoms with E-state index in [1.54, 1.807) is 18.3 Å². The van der Waals surface area contributed by atoms with Crippen molar-refractivity contribution in [2.75, 3.05) is 57.4 Å².